The fourth-order valence-corrected chi connectivity index (χ4v) is 6.37. The van der Waals surface area contributed by atoms with Gasteiger partial charge in [0.15, 0.2) is 14.1 Å². The Hall–Kier alpha value is -0.413. The maximum atomic E-state index is 12.9. The second-order valence-corrected chi connectivity index (χ2v) is 15.3. The van der Waals surface area contributed by atoms with Crippen LogP contribution in [0.5, 0.6) is 0 Å². The molecule has 0 bridgehead atoms. The van der Waals surface area contributed by atoms with Gasteiger partial charge in [-0.15, -0.1) is 0 Å². The number of rotatable bonds is 2. The molecule has 1 unspecified atom stereocenters. The first-order valence-corrected chi connectivity index (χ1v) is 12.2. The van der Waals surface area contributed by atoms with Gasteiger partial charge in [-0.05, 0) is 55.3 Å². The molecule has 3 aliphatic carbocycles. The van der Waals surface area contributed by atoms with Crippen molar-refractivity contribution < 1.29 is 9.22 Å². The Kier molecular flexibility index (Phi) is 3.65. The number of Topliss-reactive ketones (excluding diaryl/α,β-unsaturated/α-hetero) is 1. The van der Waals surface area contributed by atoms with Gasteiger partial charge in [0.1, 0.15) is 0 Å². The van der Waals surface area contributed by atoms with E-state index in [1.54, 1.807) is 0 Å². The van der Waals surface area contributed by atoms with E-state index in [-0.39, 0.29) is 15.9 Å². The average Bonchev–Trinajstić information content (AvgIpc) is 2.86. The van der Waals surface area contributed by atoms with E-state index < -0.39 is 8.32 Å². The highest BCUT2D eigenvalue weighted by Crippen LogP contribution is 2.62. The van der Waals surface area contributed by atoms with E-state index in [4.69, 9.17) is 4.43 Å². The van der Waals surface area contributed by atoms with Gasteiger partial charge in [-0.25, -0.2) is 0 Å². The molecule has 0 aromatic rings. The molecule has 2 saturated carbocycles. The molecule has 0 saturated heterocycles. The SMILES string of the molecule is CC1(C)CC2C[C@]3(C)C(=C2C1=O)CC[C@@H]3O[Si](C)(C)C(C)(C)C. The summed E-state index contributed by atoms with van der Waals surface area (Å²) >= 11 is 0. The van der Waals surface area contributed by atoms with Crippen molar-refractivity contribution in [2.75, 3.05) is 0 Å². The van der Waals surface area contributed by atoms with Gasteiger partial charge in [-0.2, -0.15) is 0 Å². The second-order valence-electron chi connectivity index (χ2n) is 10.5. The fraction of sp³-hybridized carbons (Fsp3) is 0.850. The smallest absolute Gasteiger partial charge is 0.192 e. The number of carbonyl (C=O) groups excluding carboxylic acids is 1. The molecule has 0 N–H and O–H groups in total. The van der Waals surface area contributed by atoms with Crippen LogP contribution in [0.25, 0.3) is 0 Å². The number of hydrogen-bond acceptors (Lipinski definition) is 2. The Morgan fingerprint density at radius 3 is 2.30 bits per heavy atom. The summed E-state index contributed by atoms with van der Waals surface area (Å²) < 4.78 is 6.83. The molecular weight excluding hydrogens is 300 g/mol. The topological polar surface area (TPSA) is 26.3 Å². The molecule has 0 aromatic heterocycles. The lowest BCUT2D eigenvalue weighted by Crippen LogP contribution is -2.47. The van der Waals surface area contributed by atoms with Gasteiger partial charge in [0.05, 0.1) is 6.10 Å². The second kappa shape index (κ2) is 4.82. The lowest BCUT2D eigenvalue weighted by molar-refractivity contribution is -0.121. The van der Waals surface area contributed by atoms with Crippen LogP contribution < -0.4 is 0 Å². The van der Waals surface area contributed by atoms with Crippen molar-refractivity contribution in [3.05, 3.63) is 11.1 Å². The van der Waals surface area contributed by atoms with Crippen molar-refractivity contribution in [3.8, 4) is 0 Å². The van der Waals surface area contributed by atoms with Gasteiger partial charge in [0, 0.05) is 10.8 Å². The van der Waals surface area contributed by atoms with E-state index in [0.29, 0.717) is 17.8 Å². The summed E-state index contributed by atoms with van der Waals surface area (Å²) in [4.78, 5) is 12.9. The molecule has 0 heterocycles. The van der Waals surface area contributed by atoms with Gasteiger partial charge in [0.2, 0.25) is 0 Å². The van der Waals surface area contributed by atoms with Crippen LogP contribution in [0, 0.1) is 16.7 Å². The summed E-state index contributed by atoms with van der Waals surface area (Å²) in [7, 11) is -1.77. The number of fused-ring (bicyclic) bond motifs is 2. The van der Waals surface area contributed by atoms with Crippen LogP contribution in [0.15, 0.2) is 11.1 Å². The van der Waals surface area contributed by atoms with E-state index >= 15 is 0 Å². The maximum Gasteiger partial charge on any atom is 0.192 e. The standard InChI is InChI=1S/C20H34O2Si/c1-18(2,3)23(7,8)22-15-10-9-14-16-13(12-20(14,15)6)11-19(4,5)17(16)21/h13,15H,9-12H2,1-8H3/t13?,15-,20+/m0/s1. The molecule has 3 heteroatoms. The average molecular weight is 335 g/mol. The Balaban J connectivity index is 1.90. The van der Waals surface area contributed by atoms with Crippen molar-refractivity contribution in [2.24, 2.45) is 16.7 Å². The molecule has 0 radical (unpaired) electrons. The number of carbonyl (C=O) groups is 1. The largest absolute Gasteiger partial charge is 0.413 e. The van der Waals surface area contributed by atoms with Crippen LogP contribution in [-0.2, 0) is 9.22 Å². The normalized spacial score (nSPS) is 36.6. The fourth-order valence-electron chi connectivity index (χ4n) is 4.92. The number of hydrogen-bond donors (Lipinski definition) is 0. The predicted octanol–water partition coefficient (Wildman–Crippen LogP) is 5.49. The molecule has 3 atom stereocenters. The zero-order valence-corrected chi connectivity index (χ0v) is 17.3. The Morgan fingerprint density at radius 1 is 1.13 bits per heavy atom. The highest BCUT2D eigenvalue weighted by molar-refractivity contribution is 6.74. The van der Waals surface area contributed by atoms with E-state index in [2.05, 4.69) is 54.6 Å². The van der Waals surface area contributed by atoms with Gasteiger partial charge < -0.3 is 4.43 Å². The molecular formula is C20H34O2Si. The van der Waals surface area contributed by atoms with E-state index in [1.807, 2.05) is 0 Å². The summed E-state index contributed by atoms with van der Waals surface area (Å²) in [6.07, 6.45) is 4.65. The van der Waals surface area contributed by atoms with Gasteiger partial charge in [-0.1, -0.05) is 47.1 Å². The first-order chi connectivity index (χ1) is 10.3. The third kappa shape index (κ3) is 2.41. The van der Waals surface area contributed by atoms with Crippen molar-refractivity contribution in [1.29, 1.82) is 0 Å². The molecule has 2 nitrogen and oxygen atoms in total. The lowest BCUT2D eigenvalue weighted by atomic mass is 9.78. The minimum Gasteiger partial charge on any atom is -0.413 e. The molecule has 2 fully saturated rings. The zero-order valence-electron chi connectivity index (χ0n) is 16.3. The quantitative estimate of drug-likeness (QED) is 0.624. The van der Waals surface area contributed by atoms with Crippen LogP contribution in [0.2, 0.25) is 18.1 Å². The number of ketones is 1. The zero-order chi connectivity index (χ0) is 17.4. The molecule has 3 rings (SSSR count). The van der Waals surface area contributed by atoms with Gasteiger partial charge in [0.25, 0.3) is 0 Å². The third-order valence-corrected chi connectivity index (χ3v) is 11.8. The van der Waals surface area contributed by atoms with Crippen molar-refractivity contribution in [2.45, 2.75) is 91.5 Å². The van der Waals surface area contributed by atoms with Crippen LogP contribution in [-0.4, -0.2) is 20.2 Å². The Morgan fingerprint density at radius 2 is 1.74 bits per heavy atom. The Labute approximate surface area is 143 Å². The van der Waals surface area contributed by atoms with Crippen LogP contribution >= 0.6 is 0 Å². The van der Waals surface area contributed by atoms with Gasteiger partial charge in [-0.3, -0.25) is 4.79 Å². The Bertz CT molecular complexity index is 579. The summed E-state index contributed by atoms with van der Waals surface area (Å²) in [5, 5.41) is 0.242. The summed E-state index contributed by atoms with van der Waals surface area (Å²) in [5.74, 6) is 0.914. The van der Waals surface area contributed by atoms with Crippen LogP contribution in [0.1, 0.15) is 67.2 Å². The van der Waals surface area contributed by atoms with Crippen molar-refractivity contribution in [1.82, 2.24) is 0 Å². The molecule has 0 aromatic carbocycles. The van der Waals surface area contributed by atoms with Gasteiger partial charge >= 0.3 is 0 Å². The molecule has 0 spiro atoms. The molecule has 3 aliphatic rings. The van der Waals surface area contributed by atoms with E-state index in [0.717, 1.165) is 25.7 Å². The molecule has 0 aliphatic heterocycles. The van der Waals surface area contributed by atoms with Crippen LogP contribution in [0.3, 0.4) is 0 Å². The minimum atomic E-state index is -1.77. The molecule has 0 amide bonds. The van der Waals surface area contributed by atoms with Crippen molar-refractivity contribution >= 4 is 14.1 Å². The van der Waals surface area contributed by atoms with Crippen LogP contribution in [0.4, 0.5) is 0 Å². The highest BCUT2D eigenvalue weighted by atomic mass is 28.4. The molecule has 130 valence electrons. The molecule has 23 heavy (non-hydrogen) atoms. The monoisotopic (exact) mass is 334 g/mol. The number of allylic oxidation sites excluding steroid dienone is 1. The first-order valence-electron chi connectivity index (χ1n) is 9.26. The van der Waals surface area contributed by atoms with Crippen molar-refractivity contribution in [3.63, 3.8) is 0 Å². The lowest BCUT2D eigenvalue weighted by Gasteiger charge is -2.42. The summed E-state index contributed by atoms with van der Waals surface area (Å²) in [6, 6.07) is 0. The highest BCUT2D eigenvalue weighted by Gasteiger charge is 2.59. The predicted molar refractivity (Wildman–Crippen MR) is 97.9 cm³/mol. The third-order valence-electron chi connectivity index (χ3n) is 7.32. The van der Waals surface area contributed by atoms with E-state index in [9.17, 15) is 4.79 Å². The summed E-state index contributed by atoms with van der Waals surface area (Å²) in [6.45, 7) is 18.3. The maximum absolute atomic E-state index is 12.9. The summed E-state index contributed by atoms with van der Waals surface area (Å²) in [5.41, 5.74) is 2.63. The minimum absolute atomic E-state index is 0.113. The first kappa shape index (κ1) is 17.4. The van der Waals surface area contributed by atoms with E-state index in [1.165, 1.54) is 11.1 Å².